The Labute approximate surface area is 121 Å². The number of halogens is 2. The number of hydrogen-bond donors (Lipinski definition) is 1. The van der Waals surface area contributed by atoms with Crippen LogP contribution in [-0.4, -0.2) is 4.98 Å². The molecule has 0 bridgehead atoms. The number of aromatic nitrogens is 1. The molecule has 0 aliphatic carbocycles. The summed E-state index contributed by atoms with van der Waals surface area (Å²) in [6.07, 6.45) is 0. The van der Waals surface area contributed by atoms with Crippen LogP contribution in [0.25, 0.3) is 10.9 Å². The largest absolute Gasteiger partial charge is 0.320 e. The van der Waals surface area contributed by atoms with Gasteiger partial charge in [-0.1, -0.05) is 12.1 Å². The molecule has 2 nitrogen and oxygen atoms in total. The van der Waals surface area contributed by atoms with E-state index >= 15 is 0 Å². The summed E-state index contributed by atoms with van der Waals surface area (Å²) in [5.74, 6) is -1.01. The standard InChI is InChI=1S/C17H14F2N2/c1-10-2-3-11-8-12(4-7-16(11)21-10)17(20)14-9-13(18)5-6-15(14)19/h2-9,17H,20H2,1H3. The minimum Gasteiger partial charge on any atom is -0.320 e. The molecule has 0 saturated heterocycles. The minimum atomic E-state index is -0.716. The molecular weight excluding hydrogens is 270 g/mol. The summed E-state index contributed by atoms with van der Waals surface area (Å²) in [4.78, 5) is 4.41. The molecule has 1 unspecified atom stereocenters. The quantitative estimate of drug-likeness (QED) is 0.776. The van der Waals surface area contributed by atoms with Gasteiger partial charge in [-0.25, -0.2) is 8.78 Å². The maximum absolute atomic E-state index is 13.8. The van der Waals surface area contributed by atoms with Gasteiger partial charge >= 0.3 is 0 Å². The van der Waals surface area contributed by atoms with E-state index in [0.29, 0.717) is 0 Å². The zero-order valence-corrected chi connectivity index (χ0v) is 11.5. The van der Waals surface area contributed by atoms with Crippen molar-refractivity contribution in [1.29, 1.82) is 0 Å². The molecule has 2 N–H and O–H groups in total. The summed E-state index contributed by atoms with van der Waals surface area (Å²) in [6, 6.07) is 11.9. The Kier molecular flexibility index (Phi) is 3.39. The molecule has 2 aromatic carbocycles. The Bertz CT molecular complexity index is 815. The lowest BCUT2D eigenvalue weighted by Crippen LogP contribution is -2.14. The van der Waals surface area contributed by atoms with Gasteiger partial charge in [0.15, 0.2) is 0 Å². The fourth-order valence-electron chi connectivity index (χ4n) is 2.37. The van der Waals surface area contributed by atoms with Gasteiger partial charge in [0, 0.05) is 16.6 Å². The summed E-state index contributed by atoms with van der Waals surface area (Å²) >= 11 is 0. The van der Waals surface area contributed by atoms with Gasteiger partial charge in [-0.2, -0.15) is 0 Å². The first kappa shape index (κ1) is 13.6. The van der Waals surface area contributed by atoms with E-state index in [4.69, 9.17) is 5.73 Å². The Balaban J connectivity index is 2.07. The number of benzene rings is 2. The van der Waals surface area contributed by atoms with Crippen molar-refractivity contribution in [1.82, 2.24) is 4.98 Å². The zero-order chi connectivity index (χ0) is 15.0. The van der Waals surface area contributed by atoms with Crippen molar-refractivity contribution in [2.45, 2.75) is 13.0 Å². The van der Waals surface area contributed by atoms with Gasteiger partial charge in [-0.15, -0.1) is 0 Å². The Morgan fingerprint density at radius 2 is 1.81 bits per heavy atom. The number of fused-ring (bicyclic) bond motifs is 1. The van der Waals surface area contributed by atoms with E-state index in [0.717, 1.165) is 40.4 Å². The number of pyridine rings is 1. The molecular formula is C17H14F2N2. The summed E-state index contributed by atoms with van der Waals surface area (Å²) in [7, 11) is 0. The van der Waals surface area contributed by atoms with Crippen LogP contribution in [0.4, 0.5) is 8.78 Å². The molecule has 0 radical (unpaired) electrons. The highest BCUT2D eigenvalue weighted by molar-refractivity contribution is 5.79. The second-order valence-electron chi connectivity index (χ2n) is 5.05. The van der Waals surface area contributed by atoms with Gasteiger partial charge in [0.05, 0.1) is 11.6 Å². The molecule has 3 rings (SSSR count). The van der Waals surface area contributed by atoms with Crippen molar-refractivity contribution < 1.29 is 8.78 Å². The lowest BCUT2D eigenvalue weighted by molar-refractivity contribution is 0.577. The predicted molar refractivity (Wildman–Crippen MR) is 78.9 cm³/mol. The zero-order valence-electron chi connectivity index (χ0n) is 11.5. The molecule has 1 heterocycles. The average molecular weight is 284 g/mol. The van der Waals surface area contributed by atoms with Crippen molar-refractivity contribution in [3.05, 3.63) is 77.0 Å². The molecule has 0 spiro atoms. The van der Waals surface area contributed by atoms with Crippen molar-refractivity contribution in [3.8, 4) is 0 Å². The normalized spacial score (nSPS) is 12.6. The first-order valence-electron chi connectivity index (χ1n) is 6.62. The fourth-order valence-corrected chi connectivity index (χ4v) is 2.37. The number of nitrogens with zero attached hydrogens (tertiary/aromatic N) is 1. The van der Waals surface area contributed by atoms with Gasteiger partial charge in [0.2, 0.25) is 0 Å². The first-order chi connectivity index (χ1) is 10.0. The van der Waals surface area contributed by atoms with Gasteiger partial charge in [-0.3, -0.25) is 4.98 Å². The lowest BCUT2D eigenvalue weighted by atomic mass is 9.97. The molecule has 4 heteroatoms. The molecule has 0 saturated carbocycles. The van der Waals surface area contributed by atoms with Gasteiger partial charge < -0.3 is 5.73 Å². The highest BCUT2D eigenvalue weighted by Crippen LogP contribution is 2.25. The topological polar surface area (TPSA) is 38.9 Å². The van der Waals surface area contributed by atoms with Gasteiger partial charge in [0.1, 0.15) is 11.6 Å². The fraction of sp³-hybridized carbons (Fsp3) is 0.118. The Hall–Kier alpha value is -2.33. The van der Waals surface area contributed by atoms with E-state index in [1.165, 1.54) is 0 Å². The molecule has 1 atom stereocenters. The molecule has 106 valence electrons. The van der Waals surface area contributed by atoms with Crippen LogP contribution in [0, 0.1) is 18.6 Å². The van der Waals surface area contributed by atoms with Crippen molar-refractivity contribution in [3.63, 3.8) is 0 Å². The summed E-state index contributed by atoms with van der Waals surface area (Å²) in [5, 5.41) is 0.922. The van der Waals surface area contributed by atoms with E-state index in [-0.39, 0.29) is 5.56 Å². The van der Waals surface area contributed by atoms with Gasteiger partial charge in [-0.05, 0) is 48.9 Å². The average Bonchev–Trinajstić information content (AvgIpc) is 2.48. The van der Waals surface area contributed by atoms with E-state index in [1.54, 1.807) is 6.07 Å². The highest BCUT2D eigenvalue weighted by Gasteiger charge is 2.15. The second kappa shape index (κ2) is 5.22. The monoisotopic (exact) mass is 284 g/mol. The van der Waals surface area contributed by atoms with E-state index in [1.807, 2.05) is 31.2 Å². The molecule has 0 aliphatic rings. The minimum absolute atomic E-state index is 0.148. The predicted octanol–water partition coefficient (Wildman–Crippen LogP) is 3.87. The molecule has 1 aromatic heterocycles. The summed E-state index contributed by atoms with van der Waals surface area (Å²) in [6.45, 7) is 1.92. The third kappa shape index (κ3) is 2.62. The number of hydrogen-bond acceptors (Lipinski definition) is 2. The number of nitrogens with two attached hydrogens (primary N) is 1. The summed E-state index contributed by atoms with van der Waals surface area (Å²) < 4.78 is 27.1. The van der Waals surface area contributed by atoms with Crippen LogP contribution in [0.2, 0.25) is 0 Å². The van der Waals surface area contributed by atoms with Gasteiger partial charge in [0.25, 0.3) is 0 Å². The third-order valence-electron chi connectivity index (χ3n) is 3.50. The first-order valence-corrected chi connectivity index (χ1v) is 6.62. The molecule has 0 fully saturated rings. The van der Waals surface area contributed by atoms with Crippen LogP contribution < -0.4 is 5.73 Å². The Morgan fingerprint density at radius 3 is 2.62 bits per heavy atom. The molecule has 3 aromatic rings. The van der Waals surface area contributed by atoms with Crippen molar-refractivity contribution in [2.24, 2.45) is 5.73 Å². The van der Waals surface area contributed by atoms with Crippen LogP contribution in [0.3, 0.4) is 0 Å². The van der Waals surface area contributed by atoms with Crippen LogP contribution in [0.5, 0.6) is 0 Å². The molecule has 0 aliphatic heterocycles. The smallest absolute Gasteiger partial charge is 0.128 e. The van der Waals surface area contributed by atoms with E-state index < -0.39 is 17.7 Å². The van der Waals surface area contributed by atoms with E-state index in [2.05, 4.69) is 4.98 Å². The molecule has 0 amide bonds. The van der Waals surface area contributed by atoms with Crippen LogP contribution >= 0.6 is 0 Å². The highest BCUT2D eigenvalue weighted by atomic mass is 19.1. The van der Waals surface area contributed by atoms with Crippen LogP contribution in [-0.2, 0) is 0 Å². The van der Waals surface area contributed by atoms with Crippen LogP contribution in [0.1, 0.15) is 22.9 Å². The van der Waals surface area contributed by atoms with E-state index in [9.17, 15) is 8.78 Å². The number of rotatable bonds is 2. The molecule has 21 heavy (non-hydrogen) atoms. The Morgan fingerprint density at radius 1 is 1.00 bits per heavy atom. The SMILES string of the molecule is Cc1ccc2cc(C(N)c3cc(F)ccc3F)ccc2n1. The maximum atomic E-state index is 13.8. The van der Waals surface area contributed by atoms with Crippen molar-refractivity contribution in [2.75, 3.05) is 0 Å². The second-order valence-corrected chi connectivity index (χ2v) is 5.05. The third-order valence-corrected chi connectivity index (χ3v) is 3.50. The van der Waals surface area contributed by atoms with Crippen molar-refractivity contribution >= 4 is 10.9 Å². The lowest BCUT2D eigenvalue weighted by Gasteiger charge is -2.14. The maximum Gasteiger partial charge on any atom is 0.128 e. The summed E-state index contributed by atoms with van der Waals surface area (Å²) in [5.41, 5.74) is 8.73. The number of aryl methyl sites for hydroxylation is 1. The van der Waals surface area contributed by atoms with Crippen LogP contribution in [0.15, 0.2) is 48.5 Å².